The molecule has 1 aromatic rings. The van der Waals surface area contributed by atoms with E-state index in [1.165, 1.54) is 37.2 Å². The number of rotatable bonds is 5. The number of piperidine rings is 1. The minimum absolute atomic E-state index is 0.470. The molecule has 3 heteroatoms. The van der Waals surface area contributed by atoms with Crippen LogP contribution in [0, 0.1) is 0 Å². The van der Waals surface area contributed by atoms with Crippen molar-refractivity contribution in [2.45, 2.75) is 72.0 Å². The molecule has 1 unspecified atom stereocenters. The van der Waals surface area contributed by atoms with E-state index in [-0.39, 0.29) is 0 Å². The fourth-order valence-electron chi connectivity index (χ4n) is 3.69. The van der Waals surface area contributed by atoms with Gasteiger partial charge in [0.2, 0.25) is 0 Å². The molecule has 1 aromatic heterocycles. The van der Waals surface area contributed by atoms with Crippen molar-refractivity contribution in [2.75, 3.05) is 18.0 Å². The van der Waals surface area contributed by atoms with E-state index in [0.29, 0.717) is 18.1 Å². The summed E-state index contributed by atoms with van der Waals surface area (Å²) in [6, 6.07) is 5.86. The molecule has 0 N–H and O–H groups in total. The van der Waals surface area contributed by atoms with Gasteiger partial charge in [-0.15, -0.1) is 0 Å². The van der Waals surface area contributed by atoms with Crippen LogP contribution in [0.15, 0.2) is 18.3 Å². The second-order valence-electron chi connectivity index (χ2n) is 6.65. The predicted molar refractivity (Wildman–Crippen MR) is 90.8 cm³/mol. The van der Waals surface area contributed by atoms with Crippen LogP contribution in [-0.2, 0) is 0 Å². The lowest BCUT2D eigenvalue weighted by molar-refractivity contribution is 0.157. The molecule has 1 aliphatic rings. The summed E-state index contributed by atoms with van der Waals surface area (Å²) in [6.45, 7) is 13.7. The molecule has 1 aliphatic heterocycles. The number of pyridine rings is 1. The number of likely N-dealkylation sites (tertiary alicyclic amines) is 1. The minimum atomic E-state index is 0.470. The van der Waals surface area contributed by atoms with Crippen molar-refractivity contribution in [1.82, 2.24) is 9.88 Å². The van der Waals surface area contributed by atoms with Crippen molar-refractivity contribution in [2.24, 2.45) is 0 Å². The first-order valence-corrected chi connectivity index (χ1v) is 8.53. The number of hydrogen-bond acceptors (Lipinski definition) is 3. The monoisotopic (exact) mass is 289 g/mol. The molecule has 0 aliphatic carbocycles. The summed E-state index contributed by atoms with van der Waals surface area (Å²) >= 11 is 0. The SMILES string of the molecule is CCN1CCCCC1c1cccnc1N(C(C)C)C(C)C. The van der Waals surface area contributed by atoms with Gasteiger partial charge in [-0.1, -0.05) is 19.4 Å². The van der Waals surface area contributed by atoms with E-state index in [9.17, 15) is 0 Å². The van der Waals surface area contributed by atoms with Gasteiger partial charge in [-0.05, 0) is 59.7 Å². The summed E-state index contributed by atoms with van der Waals surface area (Å²) in [7, 11) is 0. The maximum atomic E-state index is 4.76. The molecular formula is C18H31N3. The van der Waals surface area contributed by atoms with Crippen LogP contribution in [0.1, 0.15) is 65.5 Å². The van der Waals surface area contributed by atoms with Crippen LogP contribution in [0.4, 0.5) is 5.82 Å². The summed E-state index contributed by atoms with van der Waals surface area (Å²) < 4.78 is 0. The molecule has 1 fully saturated rings. The lowest BCUT2D eigenvalue weighted by atomic mass is 9.95. The van der Waals surface area contributed by atoms with Gasteiger partial charge in [-0.3, -0.25) is 4.90 Å². The fraction of sp³-hybridized carbons (Fsp3) is 0.722. The molecule has 0 bridgehead atoms. The second-order valence-corrected chi connectivity index (χ2v) is 6.65. The number of aromatic nitrogens is 1. The minimum Gasteiger partial charge on any atom is -0.351 e. The van der Waals surface area contributed by atoms with Gasteiger partial charge in [-0.25, -0.2) is 4.98 Å². The van der Waals surface area contributed by atoms with E-state index in [4.69, 9.17) is 4.98 Å². The highest BCUT2D eigenvalue weighted by Crippen LogP contribution is 2.36. The number of nitrogens with zero attached hydrogens (tertiary/aromatic N) is 3. The first-order chi connectivity index (χ1) is 10.1. The quantitative estimate of drug-likeness (QED) is 0.807. The Balaban J connectivity index is 2.39. The van der Waals surface area contributed by atoms with E-state index in [0.717, 1.165) is 6.54 Å². The predicted octanol–water partition coefficient (Wildman–Crippen LogP) is 4.25. The van der Waals surface area contributed by atoms with Crippen LogP contribution >= 0.6 is 0 Å². The molecule has 0 aromatic carbocycles. The van der Waals surface area contributed by atoms with Crippen LogP contribution < -0.4 is 4.90 Å². The molecular weight excluding hydrogens is 258 g/mol. The Labute approximate surface area is 130 Å². The van der Waals surface area contributed by atoms with Crippen LogP contribution in [0.3, 0.4) is 0 Å². The smallest absolute Gasteiger partial charge is 0.133 e. The van der Waals surface area contributed by atoms with Gasteiger partial charge in [0, 0.05) is 29.9 Å². The summed E-state index contributed by atoms with van der Waals surface area (Å²) in [5.41, 5.74) is 1.42. The highest BCUT2D eigenvalue weighted by atomic mass is 15.2. The third-order valence-electron chi connectivity index (χ3n) is 4.55. The van der Waals surface area contributed by atoms with Crippen molar-refractivity contribution < 1.29 is 0 Å². The third-order valence-corrected chi connectivity index (χ3v) is 4.55. The standard InChI is InChI=1S/C18H31N3/c1-6-20-13-8-7-11-17(20)16-10-9-12-19-18(16)21(14(2)3)15(4)5/h9-10,12,14-15,17H,6-8,11,13H2,1-5H3. The van der Waals surface area contributed by atoms with E-state index in [1.54, 1.807) is 0 Å². The average Bonchev–Trinajstić information content (AvgIpc) is 2.47. The van der Waals surface area contributed by atoms with Gasteiger partial charge in [0.1, 0.15) is 5.82 Å². The molecule has 21 heavy (non-hydrogen) atoms. The van der Waals surface area contributed by atoms with Gasteiger partial charge in [0.15, 0.2) is 0 Å². The molecule has 0 radical (unpaired) electrons. The summed E-state index contributed by atoms with van der Waals surface area (Å²) in [5.74, 6) is 1.19. The summed E-state index contributed by atoms with van der Waals surface area (Å²) in [5, 5.41) is 0. The Kier molecular flexibility index (Phi) is 5.63. The molecule has 0 spiro atoms. The Bertz CT molecular complexity index is 434. The van der Waals surface area contributed by atoms with Gasteiger partial charge in [0.25, 0.3) is 0 Å². The van der Waals surface area contributed by atoms with Gasteiger partial charge >= 0.3 is 0 Å². The van der Waals surface area contributed by atoms with Gasteiger partial charge in [0.05, 0.1) is 0 Å². The summed E-state index contributed by atoms with van der Waals surface area (Å²) in [4.78, 5) is 9.83. The third kappa shape index (κ3) is 3.57. The Morgan fingerprint density at radius 1 is 1.24 bits per heavy atom. The maximum absolute atomic E-state index is 4.76. The Morgan fingerprint density at radius 3 is 2.57 bits per heavy atom. The van der Waals surface area contributed by atoms with Crippen molar-refractivity contribution in [3.05, 3.63) is 23.9 Å². The van der Waals surface area contributed by atoms with Gasteiger partial charge in [-0.2, -0.15) is 0 Å². The largest absolute Gasteiger partial charge is 0.351 e. The fourth-order valence-corrected chi connectivity index (χ4v) is 3.69. The normalized spacial score (nSPS) is 20.2. The van der Waals surface area contributed by atoms with Gasteiger partial charge < -0.3 is 4.90 Å². The van der Waals surface area contributed by atoms with Crippen molar-refractivity contribution >= 4 is 5.82 Å². The van der Waals surface area contributed by atoms with E-state index in [2.05, 4.69) is 56.6 Å². The molecule has 2 rings (SSSR count). The average molecular weight is 289 g/mol. The zero-order valence-corrected chi connectivity index (χ0v) is 14.3. The second kappa shape index (κ2) is 7.26. The van der Waals surface area contributed by atoms with Crippen LogP contribution in [-0.4, -0.2) is 35.1 Å². The van der Waals surface area contributed by atoms with Crippen molar-refractivity contribution in [1.29, 1.82) is 0 Å². The lowest BCUT2D eigenvalue weighted by Gasteiger charge is -2.39. The highest BCUT2D eigenvalue weighted by Gasteiger charge is 2.28. The van der Waals surface area contributed by atoms with Crippen molar-refractivity contribution in [3.63, 3.8) is 0 Å². The maximum Gasteiger partial charge on any atom is 0.133 e. The van der Waals surface area contributed by atoms with Crippen molar-refractivity contribution in [3.8, 4) is 0 Å². The lowest BCUT2D eigenvalue weighted by Crippen LogP contribution is -2.40. The first-order valence-electron chi connectivity index (χ1n) is 8.53. The van der Waals surface area contributed by atoms with Crippen LogP contribution in [0.5, 0.6) is 0 Å². The van der Waals surface area contributed by atoms with E-state index >= 15 is 0 Å². The molecule has 0 saturated carbocycles. The topological polar surface area (TPSA) is 19.4 Å². The molecule has 3 nitrogen and oxygen atoms in total. The van der Waals surface area contributed by atoms with Crippen LogP contribution in [0.2, 0.25) is 0 Å². The Hall–Kier alpha value is -1.09. The molecule has 2 heterocycles. The molecule has 0 amide bonds. The van der Waals surface area contributed by atoms with E-state index < -0.39 is 0 Å². The van der Waals surface area contributed by atoms with E-state index in [1.807, 2.05) is 6.20 Å². The molecule has 1 saturated heterocycles. The first kappa shape index (κ1) is 16.3. The summed E-state index contributed by atoms with van der Waals surface area (Å²) in [6.07, 6.45) is 5.86. The number of hydrogen-bond donors (Lipinski definition) is 0. The molecule has 118 valence electrons. The molecule has 1 atom stereocenters. The zero-order chi connectivity index (χ0) is 15.4. The Morgan fingerprint density at radius 2 is 1.95 bits per heavy atom. The zero-order valence-electron chi connectivity index (χ0n) is 14.3. The van der Waals surface area contributed by atoms with Crippen LogP contribution in [0.25, 0.3) is 0 Å². The highest BCUT2D eigenvalue weighted by molar-refractivity contribution is 5.50. The number of anilines is 1.